The summed E-state index contributed by atoms with van der Waals surface area (Å²) >= 11 is 0. The molecule has 6 N–H and O–H groups in total. The standard InChI is InChI=1S/C6H8O7.C4H11NO3/c7-3(8)1-6(13,5(11)12)2-4(9)10;5-4(1-6,2-7)3-8/h13H,1-2H2,(H,7,8)(H,9,10)(H,11,12);6-8H,1-3,5H2/p-3. The van der Waals surface area contributed by atoms with E-state index >= 15 is 0 Å². The Bertz CT molecular complexity index is 341. The van der Waals surface area contributed by atoms with Crippen LogP contribution < -0.4 is 21.1 Å². The molecule has 0 unspecified atom stereocenters. The molecule has 0 aromatic rings. The van der Waals surface area contributed by atoms with Crippen LogP contribution >= 0.6 is 0 Å². The molecule has 0 atom stereocenters. The van der Waals surface area contributed by atoms with Gasteiger partial charge in [-0.25, -0.2) is 0 Å². The van der Waals surface area contributed by atoms with E-state index < -0.39 is 61.7 Å². The summed E-state index contributed by atoms with van der Waals surface area (Å²) in [6.45, 7) is -1.21. The molecule has 0 bridgehead atoms. The average molecular weight is 310 g/mol. The van der Waals surface area contributed by atoms with Crippen LogP contribution in [0.2, 0.25) is 0 Å². The van der Waals surface area contributed by atoms with Gasteiger partial charge in [0, 0.05) is 24.8 Å². The minimum absolute atomic E-state index is 0.403. The maximum atomic E-state index is 10.1. The van der Waals surface area contributed by atoms with Crippen LogP contribution in [-0.4, -0.2) is 69.3 Å². The molecule has 0 aromatic heterocycles. The second kappa shape index (κ2) is 9.20. The number of carbonyl (C=O) groups excluding carboxylic acids is 3. The lowest BCUT2D eigenvalue weighted by Gasteiger charge is -2.29. The molecule has 0 rings (SSSR count). The van der Waals surface area contributed by atoms with Gasteiger partial charge in [-0.2, -0.15) is 0 Å². The Labute approximate surface area is 118 Å². The molecule has 0 spiro atoms. The highest BCUT2D eigenvalue weighted by Gasteiger charge is 2.29. The van der Waals surface area contributed by atoms with Crippen molar-refractivity contribution in [3.8, 4) is 0 Å². The van der Waals surface area contributed by atoms with Gasteiger partial charge in [0.2, 0.25) is 0 Å². The van der Waals surface area contributed by atoms with Crippen molar-refractivity contribution in [2.75, 3.05) is 19.8 Å². The minimum atomic E-state index is -2.97. The molecule has 21 heavy (non-hydrogen) atoms. The van der Waals surface area contributed by atoms with E-state index in [4.69, 9.17) is 26.2 Å². The van der Waals surface area contributed by atoms with Crippen LogP contribution in [0.25, 0.3) is 0 Å². The fourth-order valence-corrected chi connectivity index (χ4v) is 0.834. The first-order chi connectivity index (χ1) is 9.46. The van der Waals surface area contributed by atoms with Crippen LogP contribution in [0.5, 0.6) is 0 Å². The lowest BCUT2D eigenvalue weighted by molar-refractivity contribution is -0.339. The number of nitrogens with two attached hydrogens (primary N) is 1. The molecule has 0 aliphatic carbocycles. The molecule has 0 saturated carbocycles. The van der Waals surface area contributed by atoms with E-state index in [1.807, 2.05) is 0 Å². The molecule has 11 nitrogen and oxygen atoms in total. The molecular weight excluding hydrogens is 294 g/mol. The van der Waals surface area contributed by atoms with E-state index in [9.17, 15) is 29.7 Å². The third kappa shape index (κ3) is 8.88. The maximum Gasteiger partial charge on any atom is 0.114 e. The van der Waals surface area contributed by atoms with Gasteiger partial charge >= 0.3 is 0 Å². The zero-order valence-electron chi connectivity index (χ0n) is 10.9. The molecule has 0 aliphatic heterocycles. The molecule has 0 aliphatic rings. The smallest absolute Gasteiger partial charge is 0.114 e. The minimum Gasteiger partial charge on any atom is -0.550 e. The van der Waals surface area contributed by atoms with Crippen LogP contribution in [0.3, 0.4) is 0 Å². The van der Waals surface area contributed by atoms with Gasteiger partial charge in [0.1, 0.15) is 5.60 Å². The highest BCUT2D eigenvalue weighted by Crippen LogP contribution is 2.13. The van der Waals surface area contributed by atoms with Crippen LogP contribution in [-0.2, 0) is 14.4 Å². The third-order valence-corrected chi connectivity index (χ3v) is 2.20. The largest absolute Gasteiger partial charge is 0.550 e. The molecule has 124 valence electrons. The summed E-state index contributed by atoms with van der Waals surface area (Å²) in [6.07, 6.45) is -2.72. The Morgan fingerprint density at radius 3 is 1.24 bits per heavy atom. The lowest BCUT2D eigenvalue weighted by atomic mass is 9.96. The second-order valence-electron chi connectivity index (χ2n) is 4.25. The summed E-state index contributed by atoms with van der Waals surface area (Å²) in [5.41, 5.74) is 0.963. The molecule has 0 fully saturated rings. The van der Waals surface area contributed by atoms with Crippen molar-refractivity contribution < 1.29 is 50.1 Å². The summed E-state index contributed by atoms with van der Waals surface area (Å²) in [5, 5.41) is 63.9. The number of carbonyl (C=O) groups is 3. The van der Waals surface area contributed by atoms with Crippen molar-refractivity contribution >= 4 is 17.9 Å². The van der Waals surface area contributed by atoms with E-state index in [-0.39, 0.29) is 0 Å². The van der Waals surface area contributed by atoms with Crippen LogP contribution in [0.15, 0.2) is 0 Å². The Morgan fingerprint density at radius 1 is 0.857 bits per heavy atom. The Balaban J connectivity index is 0. The van der Waals surface area contributed by atoms with Crippen molar-refractivity contribution in [3.05, 3.63) is 0 Å². The predicted octanol–water partition coefficient (Wildman–Crippen LogP) is -7.59. The van der Waals surface area contributed by atoms with Crippen molar-refractivity contribution in [1.29, 1.82) is 0 Å². The zero-order valence-corrected chi connectivity index (χ0v) is 10.9. The molecule has 0 radical (unpaired) electrons. The first-order valence-corrected chi connectivity index (χ1v) is 5.41. The second-order valence-corrected chi connectivity index (χ2v) is 4.25. The zero-order chi connectivity index (χ0) is 17.3. The van der Waals surface area contributed by atoms with Gasteiger partial charge in [-0.15, -0.1) is 0 Å². The normalized spacial score (nSPS) is 11.3. The fourth-order valence-electron chi connectivity index (χ4n) is 0.834. The van der Waals surface area contributed by atoms with Crippen molar-refractivity contribution in [2.45, 2.75) is 24.0 Å². The molecule has 0 saturated heterocycles. The highest BCUT2D eigenvalue weighted by atomic mass is 16.4. The Morgan fingerprint density at radius 2 is 1.14 bits per heavy atom. The maximum absolute atomic E-state index is 10.1. The van der Waals surface area contributed by atoms with Crippen molar-refractivity contribution in [3.63, 3.8) is 0 Å². The molecule has 0 amide bonds. The van der Waals surface area contributed by atoms with Crippen LogP contribution in [0, 0.1) is 0 Å². The number of carboxylic acid groups (broad SMARTS) is 3. The van der Waals surface area contributed by atoms with Crippen molar-refractivity contribution in [1.82, 2.24) is 0 Å². The summed E-state index contributed by atoms with van der Waals surface area (Å²) in [5.74, 6) is -5.98. The lowest BCUT2D eigenvalue weighted by Crippen LogP contribution is -2.54. The van der Waals surface area contributed by atoms with E-state index in [2.05, 4.69) is 0 Å². The molecular formula is C10H16NO10-3. The Kier molecular flexibility index (Phi) is 9.42. The first-order valence-electron chi connectivity index (χ1n) is 5.41. The van der Waals surface area contributed by atoms with Gasteiger partial charge in [0.05, 0.1) is 31.3 Å². The van der Waals surface area contributed by atoms with Crippen molar-refractivity contribution in [2.24, 2.45) is 5.73 Å². The SMILES string of the molecule is NC(CO)(CO)CO.O=C([O-])CC(O)(CC(=O)[O-])C(=O)[O-]. The summed E-state index contributed by atoms with van der Waals surface area (Å²) < 4.78 is 0. The number of aliphatic hydroxyl groups is 4. The van der Waals surface area contributed by atoms with Crippen LogP contribution in [0.4, 0.5) is 0 Å². The highest BCUT2D eigenvalue weighted by molar-refractivity contribution is 5.86. The van der Waals surface area contributed by atoms with Crippen LogP contribution in [0.1, 0.15) is 12.8 Å². The molecule has 0 heterocycles. The number of hydrogen-bond donors (Lipinski definition) is 5. The van der Waals surface area contributed by atoms with Gasteiger partial charge in [-0.05, 0) is 0 Å². The number of aliphatic hydroxyl groups excluding tert-OH is 3. The quantitative estimate of drug-likeness (QED) is 0.282. The fraction of sp³-hybridized carbons (Fsp3) is 0.700. The summed E-state index contributed by atoms with van der Waals surface area (Å²) in [6, 6.07) is 0. The number of aliphatic carboxylic acids is 3. The van der Waals surface area contributed by atoms with E-state index in [0.717, 1.165) is 0 Å². The van der Waals surface area contributed by atoms with E-state index in [1.165, 1.54) is 0 Å². The van der Waals surface area contributed by atoms with Gasteiger partial charge in [0.25, 0.3) is 0 Å². The van der Waals surface area contributed by atoms with Gasteiger partial charge in [-0.1, -0.05) is 0 Å². The number of hydrogen-bond acceptors (Lipinski definition) is 11. The monoisotopic (exact) mass is 310 g/mol. The first kappa shape index (κ1) is 21.5. The summed E-state index contributed by atoms with van der Waals surface area (Å²) in [4.78, 5) is 30.0. The topological polar surface area (TPSA) is 227 Å². The van der Waals surface area contributed by atoms with Gasteiger partial charge in [-0.3, -0.25) is 0 Å². The van der Waals surface area contributed by atoms with E-state index in [1.54, 1.807) is 0 Å². The van der Waals surface area contributed by atoms with Gasteiger partial charge < -0.3 is 55.9 Å². The molecule has 0 aromatic carbocycles. The number of rotatable bonds is 8. The predicted molar refractivity (Wildman–Crippen MR) is 57.4 cm³/mol. The van der Waals surface area contributed by atoms with Gasteiger partial charge in [0.15, 0.2) is 0 Å². The number of carboxylic acids is 3. The molecule has 11 heteroatoms. The van der Waals surface area contributed by atoms with E-state index in [0.29, 0.717) is 0 Å². The Hall–Kier alpha value is -1.79. The average Bonchev–Trinajstić information content (AvgIpc) is 2.36. The third-order valence-electron chi connectivity index (χ3n) is 2.20. The summed E-state index contributed by atoms with van der Waals surface area (Å²) in [7, 11) is 0.